The van der Waals surface area contributed by atoms with E-state index in [1.54, 1.807) is 6.07 Å². The number of ether oxygens (including phenoxy) is 2. The molecule has 0 bridgehead atoms. The number of unbranched alkanes of at least 4 members (excludes halogenated alkanes) is 4. The van der Waals surface area contributed by atoms with E-state index in [2.05, 4.69) is 18.6 Å². The lowest BCUT2D eigenvalue weighted by molar-refractivity contribution is 0.00380. The van der Waals surface area contributed by atoms with Gasteiger partial charge in [-0.15, -0.1) is 4.79 Å². The standard InChI is InChI=1S/C23H30N2O6S2/c1-3-5-10-16-30-21-15-14-20(18-22(21)31-17-11-6-4-2)33(28,29)23(25-24)32(26,27)19-12-8-7-9-13-19/h7-9,12-15,18H,3-6,10-11,16-17H2,1-2H3. The molecule has 8 nitrogen and oxygen atoms in total. The second-order valence-corrected chi connectivity index (χ2v) is 11.4. The average molecular weight is 495 g/mol. The van der Waals surface area contributed by atoms with E-state index in [0.29, 0.717) is 19.0 Å². The van der Waals surface area contributed by atoms with Crippen LogP contribution < -0.4 is 9.47 Å². The molecule has 10 heteroatoms. The quantitative estimate of drug-likeness (QED) is 0.139. The predicted molar refractivity (Wildman–Crippen MR) is 126 cm³/mol. The molecule has 0 heterocycles. The fourth-order valence-corrected chi connectivity index (χ4v) is 6.39. The van der Waals surface area contributed by atoms with Crippen molar-refractivity contribution in [1.82, 2.24) is 0 Å². The van der Waals surface area contributed by atoms with Gasteiger partial charge >= 0.3 is 4.38 Å². The van der Waals surface area contributed by atoms with Crippen LogP contribution in [0.15, 0.2) is 58.3 Å². The van der Waals surface area contributed by atoms with Crippen molar-refractivity contribution in [1.29, 1.82) is 0 Å². The van der Waals surface area contributed by atoms with Crippen molar-refractivity contribution in [3.8, 4) is 11.5 Å². The van der Waals surface area contributed by atoms with Crippen LogP contribution in [0, 0.1) is 0 Å². The van der Waals surface area contributed by atoms with Crippen LogP contribution in [0.25, 0.3) is 5.53 Å². The molecule has 0 saturated heterocycles. The van der Waals surface area contributed by atoms with E-state index in [0.717, 1.165) is 38.5 Å². The van der Waals surface area contributed by atoms with Crippen LogP contribution in [0.2, 0.25) is 0 Å². The highest BCUT2D eigenvalue weighted by Gasteiger charge is 2.44. The molecular formula is C23H30N2O6S2. The van der Waals surface area contributed by atoms with E-state index in [9.17, 15) is 22.4 Å². The molecule has 0 unspecified atom stereocenters. The zero-order valence-corrected chi connectivity index (χ0v) is 20.6. The highest BCUT2D eigenvalue weighted by Crippen LogP contribution is 2.32. The lowest BCUT2D eigenvalue weighted by Crippen LogP contribution is -2.26. The monoisotopic (exact) mass is 494 g/mol. The highest BCUT2D eigenvalue weighted by molar-refractivity contribution is 8.31. The number of nitrogens with zero attached hydrogens (tertiary/aromatic N) is 2. The molecule has 2 aromatic rings. The Morgan fingerprint density at radius 2 is 1.30 bits per heavy atom. The van der Waals surface area contributed by atoms with Crippen LogP contribution in [0.5, 0.6) is 11.5 Å². The first kappa shape index (κ1) is 26.6. The molecule has 0 N–H and O–H groups in total. The summed E-state index contributed by atoms with van der Waals surface area (Å²) in [7, 11) is -9.27. The van der Waals surface area contributed by atoms with Crippen molar-refractivity contribution in [2.45, 2.75) is 62.2 Å². The van der Waals surface area contributed by atoms with E-state index in [4.69, 9.17) is 9.47 Å². The summed E-state index contributed by atoms with van der Waals surface area (Å²) in [5.74, 6) is 0.563. The zero-order valence-electron chi connectivity index (χ0n) is 18.9. The summed E-state index contributed by atoms with van der Waals surface area (Å²) in [6.07, 6.45) is 5.57. The molecule has 0 amide bonds. The third-order valence-corrected chi connectivity index (χ3v) is 9.00. The summed E-state index contributed by atoms with van der Waals surface area (Å²) in [6.45, 7) is 4.92. The van der Waals surface area contributed by atoms with E-state index in [1.165, 1.54) is 42.5 Å². The van der Waals surface area contributed by atoms with Crippen LogP contribution >= 0.6 is 0 Å². The van der Waals surface area contributed by atoms with E-state index < -0.39 is 24.1 Å². The maximum Gasteiger partial charge on any atom is 0.504 e. The lowest BCUT2D eigenvalue weighted by atomic mass is 10.2. The minimum absolute atomic E-state index is 0.193. The molecule has 0 spiro atoms. The first-order chi connectivity index (χ1) is 15.8. The summed E-state index contributed by atoms with van der Waals surface area (Å²) in [5, 5.41) is 0. The van der Waals surface area contributed by atoms with Gasteiger partial charge in [0.25, 0.3) is 19.7 Å². The van der Waals surface area contributed by atoms with E-state index in [1.807, 2.05) is 0 Å². The van der Waals surface area contributed by atoms with Crippen molar-refractivity contribution in [3.05, 3.63) is 54.1 Å². The third kappa shape index (κ3) is 6.90. The van der Waals surface area contributed by atoms with Crippen molar-refractivity contribution in [3.63, 3.8) is 0 Å². The third-order valence-electron chi connectivity index (χ3n) is 4.83. The molecule has 0 saturated carbocycles. The molecule has 180 valence electrons. The van der Waals surface area contributed by atoms with Gasteiger partial charge in [-0.05, 0) is 37.1 Å². The van der Waals surface area contributed by atoms with E-state index >= 15 is 0 Å². The van der Waals surface area contributed by atoms with Gasteiger partial charge in [0.15, 0.2) is 11.5 Å². The van der Waals surface area contributed by atoms with Crippen LogP contribution in [0.4, 0.5) is 0 Å². The van der Waals surface area contributed by atoms with Gasteiger partial charge in [0.2, 0.25) is 0 Å². The minimum atomic E-state index is -4.68. The molecule has 2 rings (SSSR count). The fourth-order valence-electron chi connectivity index (χ4n) is 3.01. The first-order valence-corrected chi connectivity index (χ1v) is 13.9. The van der Waals surface area contributed by atoms with Gasteiger partial charge in [-0.25, -0.2) is 16.8 Å². The lowest BCUT2D eigenvalue weighted by Gasteiger charge is -2.14. The molecule has 0 aliphatic rings. The van der Waals surface area contributed by atoms with Crippen molar-refractivity contribution in [2.75, 3.05) is 13.2 Å². The molecule has 0 radical (unpaired) electrons. The number of sulfone groups is 2. The molecule has 2 aromatic carbocycles. The van der Waals surface area contributed by atoms with Gasteiger partial charge in [0.1, 0.15) is 0 Å². The smallest absolute Gasteiger partial charge is 0.490 e. The van der Waals surface area contributed by atoms with E-state index in [-0.39, 0.29) is 15.5 Å². The van der Waals surface area contributed by atoms with Gasteiger partial charge in [-0.3, -0.25) is 0 Å². The minimum Gasteiger partial charge on any atom is -0.490 e. The van der Waals surface area contributed by atoms with Crippen LogP contribution in [-0.4, -0.2) is 39.2 Å². The SMILES string of the molecule is CCCCCOc1ccc(S(=O)(=O)C(=[N+]=[N-])S(=O)(=O)c2ccccc2)cc1OCCCCC. The van der Waals surface area contributed by atoms with Gasteiger partial charge in [-0.2, -0.15) is 0 Å². The van der Waals surface area contributed by atoms with Crippen molar-refractivity contribution >= 4 is 24.1 Å². The average Bonchev–Trinajstić information content (AvgIpc) is 2.80. The maximum absolute atomic E-state index is 13.2. The number of hydrogen-bond acceptors (Lipinski definition) is 6. The Morgan fingerprint density at radius 3 is 1.85 bits per heavy atom. The molecule has 0 aliphatic heterocycles. The Kier molecular flexibility index (Phi) is 10.1. The topological polar surface area (TPSA) is 123 Å². The van der Waals surface area contributed by atoms with Gasteiger partial charge in [0, 0.05) is 6.07 Å². The largest absolute Gasteiger partial charge is 0.504 e. The maximum atomic E-state index is 13.2. The fraction of sp³-hybridized carbons (Fsp3) is 0.435. The summed E-state index contributed by atoms with van der Waals surface area (Å²) >= 11 is 0. The second kappa shape index (κ2) is 12.5. The molecule has 0 aliphatic carbocycles. The Labute approximate surface area is 196 Å². The number of rotatable bonds is 12. The number of benzene rings is 2. The Balaban J connectivity index is 2.42. The van der Waals surface area contributed by atoms with Crippen LogP contribution in [0.1, 0.15) is 52.4 Å². The van der Waals surface area contributed by atoms with Crippen LogP contribution in [0.3, 0.4) is 0 Å². The Hall–Kier alpha value is -2.68. The molecular weight excluding hydrogens is 464 g/mol. The summed E-state index contributed by atoms with van der Waals surface area (Å²) < 4.78 is 62.2. The van der Waals surface area contributed by atoms with Gasteiger partial charge < -0.3 is 15.0 Å². The van der Waals surface area contributed by atoms with Gasteiger partial charge in [-0.1, -0.05) is 57.7 Å². The summed E-state index contributed by atoms with van der Waals surface area (Å²) in [6, 6.07) is 10.8. The molecule has 0 atom stereocenters. The molecule has 33 heavy (non-hydrogen) atoms. The van der Waals surface area contributed by atoms with Crippen LogP contribution in [-0.2, 0) is 19.7 Å². The predicted octanol–water partition coefficient (Wildman–Crippen LogP) is 4.66. The van der Waals surface area contributed by atoms with Crippen molar-refractivity contribution in [2.24, 2.45) is 0 Å². The Bertz CT molecular complexity index is 1170. The van der Waals surface area contributed by atoms with Crippen molar-refractivity contribution < 1.29 is 31.1 Å². The Morgan fingerprint density at radius 1 is 0.758 bits per heavy atom. The highest BCUT2D eigenvalue weighted by atomic mass is 32.3. The zero-order chi connectivity index (χ0) is 24.3. The first-order valence-electron chi connectivity index (χ1n) is 11.0. The normalized spacial score (nSPS) is 11.6. The van der Waals surface area contributed by atoms with Gasteiger partial charge in [0.05, 0.1) is 23.0 Å². The second-order valence-electron chi connectivity index (χ2n) is 7.41. The molecule has 0 fully saturated rings. The summed E-state index contributed by atoms with van der Waals surface area (Å²) in [5.41, 5.74) is 9.38. The number of hydrogen-bond donors (Lipinski definition) is 0. The summed E-state index contributed by atoms with van der Waals surface area (Å²) in [4.78, 5) is 1.99. The molecule has 0 aromatic heterocycles.